The van der Waals surface area contributed by atoms with Crippen LogP contribution in [0, 0.1) is 5.82 Å². The predicted octanol–water partition coefficient (Wildman–Crippen LogP) is 2.28. The van der Waals surface area contributed by atoms with E-state index >= 15 is 0 Å². The summed E-state index contributed by atoms with van der Waals surface area (Å²) in [6.45, 7) is -3.73. The van der Waals surface area contributed by atoms with E-state index in [0.717, 1.165) is 18.2 Å². The number of hydrogen-bond donors (Lipinski definition) is 0. The third-order valence-corrected chi connectivity index (χ3v) is 1.64. The summed E-state index contributed by atoms with van der Waals surface area (Å²) in [7, 11) is 0. The van der Waals surface area contributed by atoms with E-state index in [1.54, 1.807) is 0 Å². The molecule has 0 aliphatic heterocycles. The highest BCUT2D eigenvalue weighted by Gasteiger charge is 2.30. The first-order valence-corrected chi connectivity index (χ1v) is 4.08. The number of benzene rings is 1. The molecule has 78 valence electrons. The molecule has 0 aliphatic rings. The first-order chi connectivity index (χ1) is 6.46. The van der Waals surface area contributed by atoms with Crippen LogP contribution in [0.15, 0.2) is 18.2 Å². The molecule has 0 amide bonds. The van der Waals surface area contributed by atoms with Gasteiger partial charge in [-0.2, -0.15) is 0 Å². The largest absolute Gasteiger partial charge is 0.513 e. The molecule has 1 aromatic carbocycles. The Kier molecular flexibility index (Phi) is 3.03. The summed E-state index contributed by atoms with van der Waals surface area (Å²) >= 11 is 0. The molecule has 0 aliphatic carbocycles. The summed E-state index contributed by atoms with van der Waals surface area (Å²) in [6, 6.07) is 2.77. The van der Waals surface area contributed by atoms with Gasteiger partial charge in [0.2, 0.25) is 0 Å². The van der Waals surface area contributed by atoms with Crippen LogP contribution in [0.4, 0.5) is 17.3 Å². The quantitative estimate of drug-likeness (QED) is 0.545. The molecule has 0 aromatic heterocycles. The molecule has 0 heterocycles. The summed E-state index contributed by atoms with van der Waals surface area (Å²) in [5.41, 5.74) is -1.02. The van der Waals surface area contributed by atoms with Crippen molar-refractivity contribution >= 4 is 12.4 Å². The Morgan fingerprint density at radius 1 is 1.29 bits per heavy atom. The van der Waals surface area contributed by atoms with Crippen molar-refractivity contribution in [3.8, 4) is 5.75 Å². The monoisotopic (exact) mass is 207 g/mol. The van der Waals surface area contributed by atoms with E-state index in [1.165, 1.54) is 6.92 Å². The van der Waals surface area contributed by atoms with Gasteiger partial charge in [0.05, 0.1) is 6.61 Å². The van der Waals surface area contributed by atoms with Crippen molar-refractivity contribution in [2.75, 3.05) is 6.61 Å². The lowest BCUT2D eigenvalue weighted by Crippen LogP contribution is -2.35. The fourth-order valence-corrected chi connectivity index (χ4v) is 1.08. The van der Waals surface area contributed by atoms with Crippen molar-refractivity contribution in [2.24, 2.45) is 0 Å². The van der Waals surface area contributed by atoms with Crippen molar-refractivity contribution in [3.63, 3.8) is 0 Å². The lowest BCUT2D eigenvalue weighted by Gasteiger charge is -2.19. The Hall–Kier alpha value is -1.20. The van der Waals surface area contributed by atoms with Gasteiger partial charge in [-0.25, -0.2) is 4.39 Å². The van der Waals surface area contributed by atoms with E-state index < -0.39 is 24.0 Å². The summed E-state index contributed by atoms with van der Waals surface area (Å²) in [4.78, 5) is 0. The standard InChI is InChI=1S/C8H8BF4O/c1-2-14-8-6(9(11,12)13)4-3-5-7(8)10/h3-5H,2H2,1H3/q-1. The maximum atomic E-state index is 13.0. The first kappa shape index (κ1) is 10.9. The molecule has 6 heteroatoms. The van der Waals surface area contributed by atoms with Gasteiger partial charge in [-0.1, -0.05) is 17.6 Å². The van der Waals surface area contributed by atoms with E-state index in [9.17, 15) is 17.3 Å². The molecule has 0 saturated carbocycles. The van der Waals surface area contributed by atoms with Crippen molar-refractivity contribution in [3.05, 3.63) is 24.0 Å². The fourth-order valence-electron chi connectivity index (χ4n) is 1.08. The smallest absolute Gasteiger partial charge is 0.494 e. The van der Waals surface area contributed by atoms with Gasteiger partial charge in [0.1, 0.15) is 5.75 Å². The molecule has 14 heavy (non-hydrogen) atoms. The van der Waals surface area contributed by atoms with Crippen molar-refractivity contribution < 1.29 is 22.1 Å². The molecular formula is C8H8BF4O-. The fraction of sp³-hybridized carbons (Fsp3) is 0.250. The summed E-state index contributed by atoms with van der Waals surface area (Å²) in [5.74, 6) is -1.69. The second-order valence-corrected chi connectivity index (χ2v) is 2.67. The van der Waals surface area contributed by atoms with Crippen LogP contribution in [0.5, 0.6) is 5.75 Å². The van der Waals surface area contributed by atoms with Crippen molar-refractivity contribution in [1.29, 1.82) is 0 Å². The molecule has 1 aromatic rings. The third-order valence-electron chi connectivity index (χ3n) is 1.64. The minimum atomic E-state index is -5.23. The Morgan fingerprint density at radius 2 is 1.93 bits per heavy atom. The van der Waals surface area contributed by atoms with Crippen LogP contribution in [0.2, 0.25) is 0 Å². The zero-order chi connectivity index (χ0) is 10.8. The average Bonchev–Trinajstić information content (AvgIpc) is 2.07. The number of hydrogen-bond acceptors (Lipinski definition) is 1. The highest BCUT2D eigenvalue weighted by atomic mass is 19.4. The van der Waals surface area contributed by atoms with Gasteiger partial charge < -0.3 is 17.7 Å². The second-order valence-electron chi connectivity index (χ2n) is 2.67. The second kappa shape index (κ2) is 3.90. The van der Waals surface area contributed by atoms with E-state index in [-0.39, 0.29) is 6.61 Å². The van der Waals surface area contributed by atoms with E-state index in [4.69, 9.17) is 0 Å². The SMILES string of the molecule is CCOc1c(F)cccc1[B-](F)(F)F. The molecular weight excluding hydrogens is 199 g/mol. The molecule has 0 atom stereocenters. The average molecular weight is 207 g/mol. The zero-order valence-electron chi connectivity index (χ0n) is 7.44. The molecule has 0 spiro atoms. The lowest BCUT2D eigenvalue weighted by molar-refractivity contribution is 0.322. The van der Waals surface area contributed by atoms with Gasteiger partial charge in [-0.3, -0.25) is 0 Å². The zero-order valence-corrected chi connectivity index (χ0v) is 7.44. The molecule has 0 radical (unpaired) electrons. The Labute approximate surface area is 78.7 Å². The van der Waals surface area contributed by atoms with Gasteiger partial charge in [0, 0.05) is 0 Å². The van der Waals surface area contributed by atoms with Gasteiger partial charge >= 0.3 is 6.98 Å². The minimum absolute atomic E-state index is 0.0000926. The Balaban J connectivity index is 3.21. The molecule has 0 N–H and O–H groups in total. The highest BCUT2D eigenvalue weighted by molar-refractivity contribution is 6.74. The molecule has 1 rings (SSSR count). The van der Waals surface area contributed by atoms with Crippen LogP contribution in [-0.2, 0) is 0 Å². The van der Waals surface area contributed by atoms with E-state index in [2.05, 4.69) is 4.74 Å². The number of para-hydroxylation sites is 1. The number of halogens is 4. The summed E-state index contributed by atoms with van der Waals surface area (Å²) in [6.07, 6.45) is 0. The third kappa shape index (κ3) is 2.18. The van der Waals surface area contributed by atoms with Gasteiger partial charge in [-0.05, 0) is 13.0 Å². The first-order valence-electron chi connectivity index (χ1n) is 4.08. The summed E-state index contributed by atoms with van der Waals surface area (Å²) < 4.78 is 54.7. The molecule has 0 unspecified atom stereocenters. The maximum absolute atomic E-state index is 13.0. The van der Waals surface area contributed by atoms with Crippen LogP contribution in [0.25, 0.3) is 0 Å². The van der Waals surface area contributed by atoms with E-state index in [1.807, 2.05) is 0 Å². The molecule has 0 saturated heterocycles. The molecule has 0 fully saturated rings. The summed E-state index contributed by atoms with van der Waals surface area (Å²) in [5, 5.41) is 0. The predicted molar refractivity (Wildman–Crippen MR) is 46.3 cm³/mol. The van der Waals surface area contributed by atoms with Crippen LogP contribution in [0.3, 0.4) is 0 Å². The van der Waals surface area contributed by atoms with Crippen molar-refractivity contribution in [2.45, 2.75) is 6.92 Å². The minimum Gasteiger partial charge on any atom is -0.494 e. The Bertz CT molecular complexity index is 324. The van der Waals surface area contributed by atoms with E-state index in [0.29, 0.717) is 0 Å². The van der Waals surface area contributed by atoms with Gasteiger partial charge in [0.25, 0.3) is 0 Å². The number of rotatable bonds is 3. The van der Waals surface area contributed by atoms with Crippen LogP contribution in [-0.4, -0.2) is 13.6 Å². The van der Waals surface area contributed by atoms with Gasteiger partial charge in [0.15, 0.2) is 5.82 Å². The Morgan fingerprint density at radius 3 is 2.43 bits per heavy atom. The van der Waals surface area contributed by atoms with Crippen LogP contribution in [0.1, 0.15) is 6.92 Å². The highest BCUT2D eigenvalue weighted by Crippen LogP contribution is 2.20. The van der Waals surface area contributed by atoms with Crippen LogP contribution < -0.4 is 10.2 Å². The maximum Gasteiger partial charge on any atom is 0.513 e. The molecule has 0 bridgehead atoms. The topological polar surface area (TPSA) is 9.23 Å². The van der Waals surface area contributed by atoms with Crippen molar-refractivity contribution in [1.82, 2.24) is 0 Å². The normalized spacial score (nSPS) is 11.5. The molecule has 1 nitrogen and oxygen atoms in total. The number of ether oxygens (including phenoxy) is 1. The lowest BCUT2D eigenvalue weighted by atomic mass is 9.79. The van der Waals surface area contributed by atoms with Gasteiger partial charge in [-0.15, -0.1) is 0 Å². The van der Waals surface area contributed by atoms with Crippen LogP contribution >= 0.6 is 0 Å².